The molecule has 0 amide bonds. The molecule has 0 radical (unpaired) electrons. The largest absolute Gasteiger partial charge is 0.344 e. The fourth-order valence-corrected chi connectivity index (χ4v) is 0.746. The Balaban J connectivity index is 0.000000810. The van der Waals surface area contributed by atoms with Gasteiger partial charge in [0.15, 0.2) is 0 Å². The van der Waals surface area contributed by atoms with Crippen molar-refractivity contribution in [2.24, 2.45) is 5.73 Å². The number of hydrogen-bond donors (Lipinski definition) is 2. The normalized spacial score (nSPS) is 8.60. The second-order valence-electron chi connectivity index (χ2n) is 1.83. The van der Waals surface area contributed by atoms with Gasteiger partial charge in [0.1, 0.15) is 0 Å². The molecule has 0 aliphatic carbocycles. The van der Waals surface area contributed by atoms with Crippen molar-refractivity contribution in [3.05, 3.63) is 34.9 Å². The van der Waals surface area contributed by atoms with Crippen LogP contribution in [0.15, 0.2) is 24.3 Å². The Bertz CT molecular complexity index is 183. The Morgan fingerprint density at radius 1 is 1.20 bits per heavy atom. The van der Waals surface area contributed by atoms with Gasteiger partial charge in [0.2, 0.25) is 0 Å². The van der Waals surface area contributed by atoms with Crippen molar-refractivity contribution in [1.82, 2.24) is 6.15 Å². The number of rotatable bonds is 1. The summed E-state index contributed by atoms with van der Waals surface area (Å²) in [6.07, 6.45) is 0. The van der Waals surface area contributed by atoms with Crippen molar-refractivity contribution < 1.29 is 0 Å². The van der Waals surface area contributed by atoms with Gasteiger partial charge in [-0.15, -0.1) is 0 Å². The zero-order valence-corrected chi connectivity index (χ0v) is 6.43. The minimum atomic E-state index is 0. The van der Waals surface area contributed by atoms with E-state index in [1.54, 1.807) is 0 Å². The van der Waals surface area contributed by atoms with E-state index in [1.165, 1.54) is 0 Å². The number of nitrogens with two attached hydrogens (primary N) is 1. The summed E-state index contributed by atoms with van der Waals surface area (Å²) in [7, 11) is 0. The predicted molar refractivity (Wildman–Crippen MR) is 44.4 cm³/mol. The summed E-state index contributed by atoms with van der Waals surface area (Å²) in [4.78, 5) is 0. The summed E-state index contributed by atoms with van der Waals surface area (Å²) < 4.78 is 0. The highest BCUT2D eigenvalue weighted by Gasteiger charge is 1.86. The predicted octanol–water partition coefficient (Wildman–Crippen LogP) is 1.96. The summed E-state index contributed by atoms with van der Waals surface area (Å²) in [6.45, 7) is 0.581. The molecule has 0 aliphatic rings. The first-order valence-corrected chi connectivity index (χ1v) is 3.15. The highest BCUT2D eigenvalue weighted by molar-refractivity contribution is 6.30. The SMILES string of the molecule is N.NCc1ccc(Cl)cc1. The van der Waals surface area contributed by atoms with Crippen LogP contribution < -0.4 is 11.9 Å². The summed E-state index contributed by atoms with van der Waals surface area (Å²) in [5.41, 5.74) is 6.47. The second-order valence-corrected chi connectivity index (χ2v) is 2.27. The number of benzene rings is 1. The molecule has 1 aromatic carbocycles. The quantitative estimate of drug-likeness (QED) is 0.657. The lowest BCUT2D eigenvalue weighted by molar-refractivity contribution is 1.07. The fourth-order valence-electron chi connectivity index (χ4n) is 0.620. The van der Waals surface area contributed by atoms with E-state index in [0.717, 1.165) is 10.6 Å². The minimum Gasteiger partial charge on any atom is -0.344 e. The Kier molecular flexibility index (Phi) is 4.03. The minimum absolute atomic E-state index is 0. The Morgan fingerprint density at radius 3 is 2.10 bits per heavy atom. The van der Waals surface area contributed by atoms with E-state index < -0.39 is 0 Å². The summed E-state index contributed by atoms with van der Waals surface area (Å²) in [6, 6.07) is 7.51. The van der Waals surface area contributed by atoms with Crippen LogP contribution in [0.4, 0.5) is 0 Å². The molecule has 0 unspecified atom stereocenters. The lowest BCUT2D eigenvalue weighted by Crippen LogP contribution is -1.94. The molecule has 0 saturated heterocycles. The van der Waals surface area contributed by atoms with Crippen LogP contribution in [0.1, 0.15) is 5.56 Å². The lowest BCUT2D eigenvalue weighted by Gasteiger charge is -1.93. The monoisotopic (exact) mass is 158 g/mol. The molecule has 10 heavy (non-hydrogen) atoms. The molecule has 0 saturated carbocycles. The van der Waals surface area contributed by atoms with Crippen LogP contribution in [-0.4, -0.2) is 0 Å². The average molecular weight is 159 g/mol. The van der Waals surface area contributed by atoms with E-state index in [4.69, 9.17) is 17.3 Å². The van der Waals surface area contributed by atoms with Crippen molar-refractivity contribution in [2.45, 2.75) is 6.54 Å². The third-order valence-electron chi connectivity index (χ3n) is 1.15. The molecule has 0 spiro atoms. The van der Waals surface area contributed by atoms with Crippen LogP contribution in [0.2, 0.25) is 5.02 Å². The third-order valence-corrected chi connectivity index (χ3v) is 1.40. The average Bonchev–Trinajstić information content (AvgIpc) is 1.90. The molecule has 5 N–H and O–H groups in total. The molecule has 3 heteroatoms. The van der Waals surface area contributed by atoms with Gasteiger partial charge in [0, 0.05) is 11.6 Å². The molecule has 0 aliphatic heterocycles. The number of hydrogen-bond acceptors (Lipinski definition) is 2. The Hall–Kier alpha value is -0.570. The zero-order valence-electron chi connectivity index (χ0n) is 5.68. The maximum absolute atomic E-state index is 5.63. The molecule has 0 atom stereocenters. The highest BCUT2D eigenvalue weighted by atomic mass is 35.5. The first kappa shape index (κ1) is 9.43. The molecule has 2 nitrogen and oxygen atoms in total. The second kappa shape index (κ2) is 4.28. The van der Waals surface area contributed by atoms with Gasteiger partial charge in [-0.05, 0) is 17.7 Å². The van der Waals surface area contributed by atoms with Crippen LogP contribution >= 0.6 is 11.6 Å². The molecule has 0 fully saturated rings. The zero-order chi connectivity index (χ0) is 6.69. The molecule has 1 rings (SSSR count). The van der Waals surface area contributed by atoms with Gasteiger partial charge in [-0.25, -0.2) is 0 Å². The van der Waals surface area contributed by atoms with Crippen LogP contribution in [0, 0.1) is 0 Å². The van der Waals surface area contributed by atoms with Gasteiger partial charge >= 0.3 is 0 Å². The van der Waals surface area contributed by atoms with Crippen molar-refractivity contribution in [2.75, 3.05) is 0 Å². The summed E-state index contributed by atoms with van der Waals surface area (Å²) in [5.74, 6) is 0. The molecule has 0 heterocycles. The van der Waals surface area contributed by atoms with Crippen molar-refractivity contribution in [1.29, 1.82) is 0 Å². The smallest absolute Gasteiger partial charge is 0.0406 e. The molecule has 56 valence electrons. The van der Waals surface area contributed by atoms with Crippen molar-refractivity contribution in [3.8, 4) is 0 Å². The van der Waals surface area contributed by atoms with Gasteiger partial charge in [-0.3, -0.25) is 0 Å². The maximum Gasteiger partial charge on any atom is 0.0406 e. The van der Waals surface area contributed by atoms with Crippen LogP contribution in [0.5, 0.6) is 0 Å². The first-order chi connectivity index (χ1) is 4.33. The third kappa shape index (κ3) is 2.35. The lowest BCUT2D eigenvalue weighted by atomic mass is 10.2. The number of halogens is 1. The van der Waals surface area contributed by atoms with Crippen LogP contribution in [0.3, 0.4) is 0 Å². The molecule has 0 aromatic heterocycles. The van der Waals surface area contributed by atoms with Gasteiger partial charge < -0.3 is 11.9 Å². The topological polar surface area (TPSA) is 61.0 Å². The van der Waals surface area contributed by atoms with Crippen LogP contribution in [-0.2, 0) is 6.54 Å². The maximum atomic E-state index is 5.63. The van der Waals surface area contributed by atoms with Gasteiger partial charge in [0.05, 0.1) is 0 Å². The molecule has 1 aromatic rings. The highest BCUT2D eigenvalue weighted by Crippen LogP contribution is 2.08. The standard InChI is InChI=1S/C7H8ClN.H3N/c8-7-3-1-6(5-9)2-4-7;/h1-4H,5,9H2;1H3. The van der Waals surface area contributed by atoms with E-state index in [2.05, 4.69) is 0 Å². The Morgan fingerprint density at radius 2 is 1.70 bits per heavy atom. The van der Waals surface area contributed by atoms with Crippen molar-refractivity contribution in [3.63, 3.8) is 0 Å². The molecular formula is C7H11ClN2. The van der Waals surface area contributed by atoms with Crippen molar-refractivity contribution >= 4 is 11.6 Å². The van der Waals surface area contributed by atoms with E-state index >= 15 is 0 Å². The molecular weight excluding hydrogens is 148 g/mol. The van der Waals surface area contributed by atoms with E-state index in [1.807, 2.05) is 24.3 Å². The summed E-state index contributed by atoms with van der Waals surface area (Å²) >= 11 is 5.63. The van der Waals surface area contributed by atoms with E-state index in [0.29, 0.717) is 6.54 Å². The van der Waals surface area contributed by atoms with Gasteiger partial charge in [-0.2, -0.15) is 0 Å². The Labute approximate surface area is 65.6 Å². The fraction of sp³-hybridized carbons (Fsp3) is 0.143. The van der Waals surface area contributed by atoms with E-state index in [9.17, 15) is 0 Å². The van der Waals surface area contributed by atoms with Gasteiger partial charge in [0.25, 0.3) is 0 Å². The van der Waals surface area contributed by atoms with E-state index in [-0.39, 0.29) is 6.15 Å². The first-order valence-electron chi connectivity index (χ1n) is 2.77. The summed E-state index contributed by atoms with van der Waals surface area (Å²) in [5, 5.41) is 0.757. The van der Waals surface area contributed by atoms with Gasteiger partial charge in [-0.1, -0.05) is 23.7 Å². The molecule has 0 bridgehead atoms. The van der Waals surface area contributed by atoms with Crippen LogP contribution in [0.25, 0.3) is 0 Å².